The highest BCUT2D eigenvalue weighted by Crippen LogP contribution is 2.29. The fourth-order valence-corrected chi connectivity index (χ4v) is 2.66. The first-order valence-electron chi connectivity index (χ1n) is 5.75. The summed E-state index contributed by atoms with van der Waals surface area (Å²) < 4.78 is 0.976. The molecule has 0 fully saturated rings. The lowest BCUT2D eigenvalue weighted by Crippen LogP contribution is -2.21. The number of hydrogen-bond donors (Lipinski definition) is 1. The van der Waals surface area contributed by atoms with Gasteiger partial charge in [0.2, 0.25) is 0 Å². The molecule has 1 aromatic carbocycles. The van der Waals surface area contributed by atoms with E-state index in [-0.39, 0.29) is 11.9 Å². The number of carbonyl (C=O) groups is 1. The van der Waals surface area contributed by atoms with E-state index >= 15 is 0 Å². The molecule has 1 atom stereocenters. The van der Waals surface area contributed by atoms with Crippen molar-refractivity contribution in [3.8, 4) is 0 Å². The quantitative estimate of drug-likeness (QED) is 0.927. The predicted octanol–water partition coefficient (Wildman–Crippen LogP) is 2.87. The van der Waals surface area contributed by atoms with Crippen LogP contribution in [0.5, 0.6) is 0 Å². The summed E-state index contributed by atoms with van der Waals surface area (Å²) in [6.45, 7) is 0. The Balaban J connectivity index is 1.92. The minimum absolute atomic E-state index is 0.00246. The van der Waals surface area contributed by atoms with E-state index in [0.717, 1.165) is 21.3 Å². The maximum absolute atomic E-state index is 11.8. The van der Waals surface area contributed by atoms with E-state index < -0.39 is 0 Å². The van der Waals surface area contributed by atoms with Crippen LogP contribution < -0.4 is 5.32 Å². The molecule has 0 bridgehead atoms. The molecule has 0 saturated carbocycles. The van der Waals surface area contributed by atoms with Gasteiger partial charge < -0.3 is 5.32 Å². The molecule has 90 valence electrons. The fourth-order valence-electron chi connectivity index (χ4n) is 2.24. The molecule has 18 heavy (non-hydrogen) atoms. The van der Waals surface area contributed by atoms with Crippen LogP contribution in [0.2, 0.25) is 0 Å². The molecule has 1 unspecified atom stereocenters. The fraction of sp³-hybridized carbons (Fsp3) is 0.143. The Kier molecular flexibility index (Phi) is 2.88. The number of amides is 1. The van der Waals surface area contributed by atoms with E-state index in [9.17, 15) is 4.79 Å². The van der Waals surface area contributed by atoms with Gasteiger partial charge in [-0.1, -0.05) is 18.2 Å². The number of rotatable bonds is 2. The van der Waals surface area contributed by atoms with E-state index in [1.54, 1.807) is 6.20 Å². The number of hydrogen-bond acceptors (Lipinski definition) is 2. The van der Waals surface area contributed by atoms with Crippen LogP contribution in [0.3, 0.4) is 0 Å². The van der Waals surface area contributed by atoms with Gasteiger partial charge in [-0.05, 0) is 39.7 Å². The molecule has 0 saturated heterocycles. The molecule has 1 aromatic heterocycles. The van der Waals surface area contributed by atoms with Crippen LogP contribution in [0.25, 0.3) is 0 Å². The molecule has 1 N–H and O–H groups in total. The number of carbonyl (C=O) groups excluding carboxylic acids is 1. The zero-order valence-corrected chi connectivity index (χ0v) is 11.1. The number of fused-ring (bicyclic) bond motifs is 1. The normalized spacial score (nSPS) is 17.4. The SMILES string of the molecule is O=C1NC(Cc2ncccc2Br)c2ccccc21. The summed E-state index contributed by atoms with van der Waals surface area (Å²) in [6.07, 6.45) is 2.47. The van der Waals surface area contributed by atoms with E-state index in [4.69, 9.17) is 0 Å². The average Bonchev–Trinajstić information content (AvgIpc) is 2.70. The van der Waals surface area contributed by atoms with Gasteiger partial charge >= 0.3 is 0 Å². The predicted molar refractivity (Wildman–Crippen MR) is 72.3 cm³/mol. The topological polar surface area (TPSA) is 42.0 Å². The summed E-state index contributed by atoms with van der Waals surface area (Å²) in [5.74, 6) is 0.00246. The highest BCUT2D eigenvalue weighted by atomic mass is 79.9. The van der Waals surface area contributed by atoms with Crippen molar-refractivity contribution in [2.75, 3.05) is 0 Å². The molecule has 3 nitrogen and oxygen atoms in total. The van der Waals surface area contributed by atoms with Crippen LogP contribution >= 0.6 is 15.9 Å². The van der Waals surface area contributed by atoms with Crippen molar-refractivity contribution in [2.24, 2.45) is 0 Å². The Labute approximate surface area is 113 Å². The minimum Gasteiger partial charge on any atom is -0.345 e. The summed E-state index contributed by atoms with van der Waals surface area (Å²) >= 11 is 3.48. The number of pyridine rings is 1. The lowest BCUT2D eigenvalue weighted by molar-refractivity contribution is 0.0956. The third-order valence-electron chi connectivity index (χ3n) is 3.12. The monoisotopic (exact) mass is 302 g/mol. The van der Waals surface area contributed by atoms with Crippen molar-refractivity contribution < 1.29 is 4.79 Å². The van der Waals surface area contributed by atoms with Gasteiger partial charge in [-0.25, -0.2) is 0 Å². The van der Waals surface area contributed by atoms with Crippen LogP contribution in [0.1, 0.15) is 27.7 Å². The number of halogens is 1. The molecule has 1 aliphatic rings. The lowest BCUT2D eigenvalue weighted by atomic mass is 10.0. The summed E-state index contributed by atoms with van der Waals surface area (Å²) in [5.41, 5.74) is 2.79. The van der Waals surface area contributed by atoms with E-state index in [0.29, 0.717) is 6.42 Å². The maximum Gasteiger partial charge on any atom is 0.252 e. The molecule has 4 heteroatoms. The van der Waals surface area contributed by atoms with Crippen molar-refractivity contribution in [3.63, 3.8) is 0 Å². The van der Waals surface area contributed by atoms with Gasteiger partial charge in [-0.15, -0.1) is 0 Å². The zero-order valence-electron chi connectivity index (χ0n) is 9.56. The van der Waals surface area contributed by atoms with Crippen molar-refractivity contribution in [1.82, 2.24) is 10.3 Å². The van der Waals surface area contributed by atoms with E-state index in [1.807, 2.05) is 36.4 Å². The second-order valence-corrected chi connectivity index (χ2v) is 5.10. The molecular formula is C14H11BrN2O. The van der Waals surface area contributed by atoms with Gasteiger partial charge in [0, 0.05) is 22.7 Å². The van der Waals surface area contributed by atoms with Gasteiger partial charge in [0.1, 0.15) is 0 Å². The van der Waals surface area contributed by atoms with Crippen molar-refractivity contribution in [2.45, 2.75) is 12.5 Å². The molecule has 1 amide bonds. The Morgan fingerprint density at radius 2 is 2.06 bits per heavy atom. The molecule has 3 rings (SSSR count). The molecule has 0 aliphatic carbocycles. The third kappa shape index (κ3) is 1.93. The number of nitrogens with zero attached hydrogens (tertiary/aromatic N) is 1. The summed E-state index contributed by atoms with van der Waals surface area (Å²) in [7, 11) is 0. The van der Waals surface area contributed by atoms with Gasteiger partial charge in [0.15, 0.2) is 0 Å². The smallest absolute Gasteiger partial charge is 0.252 e. The summed E-state index contributed by atoms with van der Waals surface area (Å²) in [5, 5.41) is 3.00. The Morgan fingerprint density at radius 3 is 2.89 bits per heavy atom. The molecular weight excluding hydrogens is 292 g/mol. The van der Waals surface area contributed by atoms with Gasteiger partial charge in [-0.2, -0.15) is 0 Å². The third-order valence-corrected chi connectivity index (χ3v) is 3.84. The highest BCUT2D eigenvalue weighted by molar-refractivity contribution is 9.10. The van der Waals surface area contributed by atoms with E-state index in [1.165, 1.54) is 0 Å². The second-order valence-electron chi connectivity index (χ2n) is 4.25. The first kappa shape index (κ1) is 11.4. The van der Waals surface area contributed by atoms with Crippen LogP contribution in [0.15, 0.2) is 47.1 Å². The average molecular weight is 303 g/mol. The molecule has 2 heterocycles. The van der Waals surface area contributed by atoms with Crippen molar-refractivity contribution in [1.29, 1.82) is 0 Å². The van der Waals surface area contributed by atoms with Gasteiger partial charge in [0.25, 0.3) is 5.91 Å². The zero-order chi connectivity index (χ0) is 12.5. The maximum atomic E-state index is 11.8. The van der Waals surface area contributed by atoms with Crippen LogP contribution in [0.4, 0.5) is 0 Å². The minimum atomic E-state index is 0.00246. The number of benzene rings is 1. The first-order valence-corrected chi connectivity index (χ1v) is 6.54. The number of nitrogens with one attached hydrogen (secondary N) is 1. The van der Waals surface area contributed by atoms with Gasteiger partial charge in [0.05, 0.1) is 11.7 Å². The molecule has 2 aromatic rings. The largest absolute Gasteiger partial charge is 0.345 e. The summed E-state index contributed by atoms with van der Waals surface area (Å²) in [4.78, 5) is 16.1. The lowest BCUT2D eigenvalue weighted by Gasteiger charge is -2.12. The Hall–Kier alpha value is -1.68. The molecule has 0 spiro atoms. The summed E-state index contributed by atoms with van der Waals surface area (Å²) in [6, 6.07) is 11.6. The van der Waals surface area contributed by atoms with Crippen LogP contribution in [0, 0.1) is 0 Å². The van der Waals surface area contributed by atoms with Crippen molar-refractivity contribution >= 4 is 21.8 Å². The highest BCUT2D eigenvalue weighted by Gasteiger charge is 2.28. The second kappa shape index (κ2) is 4.53. The standard InChI is InChI=1S/C14H11BrN2O/c15-11-6-3-7-16-13(11)8-12-9-4-1-2-5-10(9)14(18)17-12/h1-7,12H,8H2,(H,17,18). The number of aromatic nitrogens is 1. The van der Waals surface area contributed by atoms with Crippen LogP contribution in [-0.4, -0.2) is 10.9 Å². The Bertz CT molecular complexity index is 612. The first-order chi connectivity index (χ1) is 8.75. The van der Waals surface area contributed by atoms with Crippen molar-refractivity contribution in [3.05, 3.63) is 63.9 Å². The Morgan fingerprint density at radius 1 is 1.22 bits per heavy atom. The van der Waals surface area contributed by atoms with E-state index in [2.05, 4.69) is 26.2 Å². The van der Waals surface area contributed by atoms with Crippen LogP contribution in [-0.2, 0) is 6.42 Å². The molecule has 1 aliphatic heterocycles. The molecule has 0 radical (unpaired) electrons. The van der Waals surface area contributed by atoms with Gasteiger partial charge in [-0.3, -0.25) is 9.78 Å².